The molecule has 7 nitrogen and oxygen atoms in total. The predicted octanol–water partition coefficient (Wildman–Crippen LogP) is 1.86. The molecular weight excluding hydrogens is 396 g/mol. The lowest BCUT2D eigenvalue weighted by Gasteiger charge is -2.16. The zero-order chi connectivity index (χ0) is 18.6. The van der Waals surface area contributed by atoms with E-state index in [1.165, 1.54) is 12.1 Å². The van der Waals surface area contributed by atoms with Gasteiger partial charge in [-0.2, -0.15) is 0 Å². The fraction of sp³-hybridized carbons (Fsp3) is 0.375. The van der Waals surface area contributed by atoms with E-state index in [1.54, 1.807) is 29.7 Å². The van der Waals surface area contributed by atoms with Gasteiger partial charge in [0.2, 0.25) is 15.9 Å². The van der Waals surface area contributed by atoms with Crippen LogP contribution in [0, 0.1) is 0 Å². The topological polar surface area (TPSA) is 91.4 Å². The zero-order valence-electron chi connectivity index (χ0n) is 13.9. The van der Waals surface area contributed by atoms with E-state index in [0.29, 0.717) is 11.6 Å². The molecule has 3 rings (SSSR count). The van der Waals surface area contributed by atoms with Crippen LogP contribution in [0.15, 0.2) is 40.7 Å². The molecule has 0 radical (unpaired) electrons. The average Bonchev–Trinajstić information content (AvgIpc) is 3.26. The average molecular weight is 415 g/mol. The first-order valence-corrected chi connectivity index (χ1v) is 10.9. The summed E-state index contributed by atoms with van der Waals surface area (Å²) in [5, 5.41) is 6.17. The van der Waals surface area contributed by atoms with E-state index in [1.807, 2.05) is 5.38 Å². The molecule has 1 saturated heterocycles. The van der Waals surface area contributed by atoms with Gasteiger partial charge in [-0.1, -0.05) is 17.7 Å². The summed E-state index contributed by atoms with van der Waals surface area (Å²) < 4.78 is 26.8. The summed E-state index contributed by atoms with van der Waals surface area (Å²) in [6.45, 7) is 1.59. The molecule has 0 bridgehead atoms. The van der Waals surface area contributed by atoms with Gasteiger partial charge in [0.25, 0.3) is 0 Å². The van der Waals surface area contributed by atoms with E-state index in [2.05, 4.69) is 19.9 Å². The summed E-state index contributed by atoms with van der Waals surface area (Å²) in [4.78, 5) is 18.6. The van der Waals surface area contributed by atoms with Gasteiger partial charge in [-0.3, -0.25) is 4.79 Å². The molecule has 0 unspecified atom stereocenters. The van der Waals surface area contributed by atoms with Gasteiger partial charge in [-0.15, -0.1) is 11.3 Å². The molecule has 2 heterocycles. The second-order valence-corrected chi connectivity index (χ2v) is 9.00. The van der Waals surface area contributed by atoms with Crippen molar-refractivity contribution in [2.45, 2.75) is 23.8 Å². The Balaban J connectivity index is 1.43. The van der Waals surface area contributed by atoms with E-state index < -0.39 is 10.0 Å². The highest BCUT2D eigenvalue weighted by Crippen LogP contribution is 2.22. The molecule has 1 aromatic carbocycles. The zero-order valence-corrected chi connectivity index (χ0v) is 16.3. The first-order chi connectivity index (χ1) is 12.4. The van der Waals surface area contributed by atoms with Crippen LogP contribution in [-0.2, 0) is 14.8 Å². The number of nitrogens with zero attached hydrogens (tertiary/aromatic N) is 2. The largest absolute Gasteiger partial charge is 0.351 e. The van der Waals surface area contributed by atoms with E-state index in [9.17, 15) is 13.2 Å². The first-order valence-electron chi connectivity index (χ1n) is 8.13. The van der Waals surface area contributed by atoms with Gasteiger partial charge in [-0.25, -0.2) is 18.1 Å². The van der Waals surface area contributed by atoms with Crippen molar-refractivity contribution in [3.8, 4) is 0 Å². The number of halogens is 1. The standard InChI is InChI=1S/C16H19ClN4O3S2/c17-12-2-1-3-14(10-12)26(23,24)19-6-4-15(22)20-13-5-8-21(11-13)16-18-7-9-25-16/h1-3,7,9-10,13,19H,4-6,8,11H2,(H,20,22)/t13-/m0/s1. The number of amides is 1. The molecule has 2 aromatic rings. The van der Waals surface area contributed by atoms with Crippen LogP contribution < -0.4 is 14.9 Å². The molecule has 10 heteroatoms. The molecule has 2 N–H and O–H groups in total. The van der Waals surface area contributed by atoms with Crippen LogP contribution in [0.2, 0.25) is 5.02 Å². The molecular formula is C16H19ClN4O3S2. The maximum Gasteiger partial charge on any atom is 0.240 e. The fourth-order valence-electron chi connectivity index (χ4n) is 2.74. The van der Waals surface area contributed by atoms with Crippen molar-refractivity contribution in [3.63, 3.8) is 0 Å². The third-order valence-corrected chi connectivity index (χ3v) is 6.52. The Hall–Kier alpha value is -1.68. The molecule has 0 saturated carbocycles. The number of hydrogen-bond acceptors (Lipinski definition) is 6. The highest BCUT2D eigenvalue weighted by molar-refractivity contribution is 7.89. The summed E-state index contributed by atoms with van der Waals surface area (Å²) >= 11 is 7.39. The van der Waals surface area contributed by atoms with E-state index in [-0.39, 0.29) is 29.8 Å². The molecule has 1 fully saturated rings. The lowest BCUT2D eigenvalue weighted by Crippen LogP contribution is -2.38. The predicted molar refractivity (Wildman–Crippen MR) is 102 cm³/mol. The second-order valence-electron chi connectivity index (χ2n) is 5.92. The van der Waals surface area contributed by atoms with Gasteiger partial charge in [0.05, 0.1) is 4.90 Å². The molecule has 1 amide bonds. The number of hydrogen-bond donors (Lipinski definition) is 2. The van der Waals surface area contributed by atoms with E-state index >= 15 is 0 Å². The number of carbonyl (C=O) groups is 1. The van der Waals surface area contributed by atoms with Crippen LogP contribution >= 0.6 is 22.9 Å². The number of nitrogens with one attached hydrogen (secondary N) is 2. The minimum Gasteiger partial charge on any atom is -0.351 e. The lowest BCUT2D eigenvalue weighted by molar-refractivity contribution is -0.121. The molecule has 1 aliphatic heterocycles. The summed E-state index contributed by atoms with van der Waals surface area (Å²) in [6.07, 6.45) is 2.69. The number of aromatic nitrogens is 1. The van der Waals surface area contributed by atoms with Gasteiger partial charge >= 0.3 is 0 Å². The quantitative estimate of drug-likeness (QED) is 0.721. The second kappa shape index (κ2) is 8.34. The Morgan fingerprint density at radius 3 is 3.00 bits per heavy atom. The normalized spacial score (nSPS) is 17.4. The Labute approximate surface area is 161 Å². The SMILES string of the molecule is O=C(CCNS(=O)(=O)c1cccc(Cl)c1)N[C@H]1CCN(c2nccs2)C1. The third-order valence-electron chi connectivity index (χ3n) is 3.99. The van der Waals surface area contributed by atoms with Gasteiger partial charge < -0.3 is 10.2 Å². The van der Waals surface area contributed by atoms with Crippen LogP contribution in [0.4, 0.5) is 5.13 Å². The van der Waals surface area contributed by atoms with Crippen molar-refractivity contribution in [2.24, 2.45) is 0 Å². The number of benzene rings is 1. The van der Waals surface area contributed by atoms with Gasteiger partial charge in [0.15, 0.2) is 5.13 Å². The van der Waals surface area contributed by atoms with Crippen molar-refractivity contribution in [2.75, 3.05) is 24.5 Å². The molecule has 0 aliphatic carbocycles. The maximum atomic E-state index is 12.2. The molecule has 0 spiro atoms. The summed E-state index contributed by atoms with van der Waals surface area (Å²) in [5.41, 5.74) is 0. The van der Waals surface area contributed by atoms with Gasteiger partial charge in [0.1, 0.15) is 0 Å². The van der Waals surface area contributed by atoms with E-state index in [0.717, 1.165) is 18.1 Å². The van der Waals surface area contributed by atoms with Crippen LogP contribution in [0.3, 0.4) is 0 Å². The van der Waals surface area contributed by atoms with Crippen molar-refractivity contribution < 1.29 is 13.2 Å². The number of rotatable bonds is 7. The number of sulfonamides is 1. The Morgan fingerprint density at radius 1 is 1.42 bits per heavy atom. The molecule has 1 atom stereocenters. The summed E-state index contributed by atoms with van der Waals surface area (Å²) in [6, 6.07) is 6.05. The Morgan fingerprint density at radius 2 is 2.27 bits per heavy atom. The first kappa shape index (κ1) is 19.1. The van der Waals surface area contributed by atoms with E-state index in [4.69, 9.17) is 11.6 Å². The number of carbonyl (C=O) groups excluding carboxylic acids is 1. The van der Waals surface area contributed by atoms with Crippen molar-refractivity contribution in [1.82, 2.24) is 15.0 Å². The van der Waals surface area contributed by atoms with Crippen LogP contribution in [0.1, 0.15) is 12.8 Å². The van der Waals surface area contributed by atoms with Crippen LogP contribution in [0.5, 0.6) is 0 Å². The number of thiazole rings is 1. The minimum absolute atomic E-state index is 0.0313. The van der Waals surface area contributed by atoms with Crippen molar-refractivity contribution in [1.29, 1.82) is 0 Å². The highest BCUT2D eigenvalue weighted by Gasteiger charge is 2.25. The molecule has 1 aromatic heterocycles. The Bertz CT molecular complexity index is 858. The Kier molecular flexibility index (Phi) is 6.13. The highest BCUT2D eigenvalue weighted by atomic mass is 35.5. The molecule has 26 heavy (non-hydrogen) atoms. The van der Waals surface area contributed by atoms with Crippen molar-refractivity contribution >= 4 is 44.0 Å². The van der Waals surface area contributed by atoms with Crippen LogP contribution in [-0.4, -0.2) is 45.0 Å². The third kappa shape index (κ3) is 4.94. The van der Waals surface area contributed by atoms with Gasteiger partial charge in [-0.05, 0) is 24.6 Å². The molecule has 140 valence electrons. The fourth-order valence-corrected chi connectivity index (χ4v) is 4.75. The minimum atomic E-state index is -3.67. The summed E-state index contributed by atoms with van der Waals surface area (Å²) in [7, 11) is -3.67. The summed E-state index contributed by atoms with van der Waals surface area (Å²) in [5.74, 6) is -0.176. The maximum absolute atomic E-state index is 12.2. The van der Waals surface area contributed by atoms with Crippen molar-refractivity contribution in [3.05, 3.63) is 40.9 Å². The van der Waals surface area contributed by atoms with Gasteiger partial charge in [0, 0.05) is 48.7 Å². The monoisotopic (exact) mass is 414 g/mol. The smallest absolute Gasteiger partial charge is 0.240 e. The number of anilines is 1. The molecule has 1 aliphatic rings. The van der Waals surface area contributed by atoms with Crippen LogP contribution in [0.25, 0.3) is 0 Å². The lowest BCUT2D eigenvalue weighted by atomic mass is 10.2.